The van der Waals surface area contributed by atoms with Gasteiger partial charge in [-0.15, -0.1) is 0 Å². The second kappa shape index (κ2) is 8.00. The van der Waals surface area contributed by atoms with Crippen LogP contribution in [0.15, 0.2) is 24.3 Å². The molecule has 2 fully saturated rings. The van der Waals surface area contributed by atoms with Gasteiger partial charge in [0.25, 0.3) is 0 Å². The molecule has 5 heteroatoms. The number of benzene rings is 1. The highest BCUT2D eigenvalue weighted by Crippen LogP contribution is 2.26. The second-order valence-electron chi connectivity index (χ2n) is 7.14. The summed E-state index contributed by atoms with van der Waals surface area (Å²) in [5.74, 6) is 0.353. The summed E-state index contributed by atoms with van der Waals surface area (Å²) in [5, 5.41) is 0. The Bertz CT molecular complexity index is 625. The predicted molar refractivity (Wildman–Crippen MR) is 96.3 cm³/mol. The molecule has 2 saturated heterocycles. The summed E-state index contributed by atoms with van der Waals surface area (Å²) in [6.45, 7) is 7.33. The van der Waals surface area contributed by atoms with Gasteiger partial charge < -0.3 is 14.5 Å². The van der Waals surface area contributed by atoms with Crippen LogP contribution < -0.4 is 0 Å². The van der Waals surface area contributed by atoms with Crippen LogP contribution in [0.25, 0.3) is 0 Å². The normalized spacial score (nSPS) is 22.1. The van der Waals surface area contributed by atoms with Gasteiger partial charge in [-0.25, -0.2) is 0 Å². The molecular formula is C20H28N2O3. The van der Waals surface area contributed by atoms with Crippen molar-refractivity contribution < 1.29 is 14.3 Å². The number of likely N-dealkylation sites (tertiary alicyclic amines) is 1. The Morgan fingerprint density at radius 2 is 1.92 bits per heavy atom. The number of carbonyl (C=O) groups is 2. The van der Waals surface area contributed by atoms with Crippen LogP contribution >= 0.6 is 0 Å². The number of amides is 2. The monoisotopic (exact) mass is 344 g/mol. The number of hydrogen-bond donors (Lipinski definition) is 0. The van der Waals surface area contributed by atoms with Gasteiger partial charge in [0.15, 0.2) is 0 Å². The van der Waals surface area contributed by atoms with Crippen molar-refractivity contribution in [2.24, 2.45) is 0 Å². The summed E-state index contributed by atoms with van der Waals surface area (Å²) in [6.07, 6.45) is 2.14. The number of hydrogen-bond acceptors (Lipinski definition) is 3. The first kappa shape index (κ1) is 17.9. The van der Waals surface area contributed by atoms with E-state index in [2.05, 4.69) is 26.0 Å². The van der Waals surface area contributed by atoms with E-state index < -0.39 is 0 Å². The van der Waals surface area contributed by atoms with E-state index in [1.807, 2.05) is 21.9 Å². The zero-order chi connectivity index (χ0) is 17.8. The van der Waals surface area contributed by atoms with Gasteiger partial charge in [-0.2, -0.15) is 0 Å². The Morgan fingerprint density at radius 1 is 1.20 bits per heavy atom. The first-order valence-electron chi connectivity index (χ1n) is 9.29. The molecular weight excluding hydrogens is 316 g/mol. The summed E-state index contributed by atoms with van der Waals surface area (Å²) in [7, 11) is 0. The van der Waals surface area contributed by atoms with Crippen LogP contribution in [0.2, 0.25) is 0 Å². The van der Waals surface area contributed by atoms with E-state index in [9.17, 15) is 9.59 Å². The number of morpholine rings is 1. The van der Waals surface area contributed by atoms with E-state index in [-0.39, 0.29) is 23.8 Å². The van der Waals surface area contributed by atoms with Crippen molar-refractivity contribution in [2.75, 3.05) is 32.8 Å². The molecule has 1 aromatic rings. The molecule has 2 heterocycles. The summed E-state index contributed by atoms with van der Waals surface area (Å²) >= 11 is 0. The van der Waals surface area contributed by atoms with E-state index in [0.29, 0.717) is 39.3 Å². The average molecular weight is 344 g/mol. The molecule has 2 aliphatic heterocycles. The van der Waals surface area contributed by atoms with Crippen molar-refractivity contribution >= 4 is 11.8 Å². The molecule has 0 aromatic heterocycles. The molecule has 2 amide bonds. The van der Waals surface area contributed by atoms with Crippen LogP contribution in [0.1, 0.15) is 43.2 Å². The van der Waals surface area contributed by atoms with Gasteiger partial charge >= 0.3 is 0 Å². The minimum Gasteiger partial charge on any atom is -0.378 e. The molecule has 136 valence electrons. The largest absolute Gasteiger partial charge is 0.378 e. The highest BCUT2D eigenvalue weighted by molar-refractivity contribution is 5.88. The van der Waals surface area contributed by atoms with E-state index in [1.54, 1.807) is 0 Å². The molecule has 1 aromatic carbocycles. The van der Waals surface area contributed by atoms with Crippen molar-refractivity contribution in [3.05, 3.63) is 35.4 Å². The second-order valence-corrected chi connectivity index (χ2v) is 7.14. The minimum absolute atomic E-state index is 0.0951. The van der Waals surface area contributed by atoms with Gasteiger partial charge in [0, 0.05) is 26.1 Å². The predicted octanol–water partition coefficient (Wildman–Crippen LogP) is 2.34. The van der Waals surface area contributed by atoms with Crippen LogP contribution in [0.4, 0.5) is 0 Å². The third-order valence-corrected chi connectivity index (χ3v) is 5.38. The maximum absolute atomic E-state index is 12.9. The molecule has 0 N–H and O–H groups in total. The van der Waals surface area contributed by atoms with Gasteiger partial charge in [-0.1, -0.05) is 31.2 Å². The van der Waals surface area contributed by atoms with E-state index >= 15 is 0 Å². The summed E-state index contributed by atoms with van der Waals surface area (Å²) in [6, 6.07) is 7.92. The minimum atomic E-state index is -0.283. The van der Waals surface area contributed by atoms with Crippen molar-refractivity contribution in [3.8, 4) is 0 Å². The van der Waals surface area contributed by atoms with Crippen molar-refractivity contribution in [3.63, 3.8) is 0 Å². The number of aryl methyl sites for hydroxylation is 1. The lowest BCUT2D eigenvalue weighted by Crippen LogP contribution is -2.51. The zero-order valence-electron chi connectivity index (χ0n) is 15.2. The van der Waals surface area contributed by atoms with Crippen molar-refractivity contribution in [2.45, 2.75) is 45.1 Å². The lowest BCUT2D eigenvalue weighted by molar-refractivity contribution is -0.146. The summed E-state index contributed by atoms with van der Waals surface area (Å²) in [5.41, 5.74) is 2.43. The molecule has 0 saturated carbocycles. The zero-order valence-corrected chi connectivity index (χ0v) is 15.2. The quantitative estimate of drug-likeness (QED) is 0.842. The van der Waals surface area contributed by atoms with E-state index in [1.165, 1.54) is 11.1 Å². The Hall–Kier alpha value is -1.88. The molecule has 5 nitrogen and oxygen atoms in total. The topological polar surface area (TPSA) is 49.9 Å². The average Bonchev–Trinajstić information content (AvgIpc) is 3.12. The summed E-state index contributed by atoms with van der Waals surface area (Å²) < 4.78 is 5.33. The number of carbonyl (C=O) groups excluding carboxylic acids is 2. The molecule has 0 spiro atoms. The SMILES string of the molecule is Cc1ccccc1[C@H](C)CC(=O)N1CCC[C@@H]1C(=O)N1CCOCC1. The Balaban J connectivity index is 1.64. The van der Waals surface area contributed by atoms with Crippen molar-refractivity contribution in [1.82, 2.24) is 9.80 Å². The van der Waals surface area contributed by atoms with Crippen LogP contribution in [-0.4, -0.2) is 60.5 Å². The fourth-order valence-electron chi connectivity index (χ4n) is 3.95. The first-order chi connectivity index (χ1) is 12.1. The van der Waals surface area contributed by atoms with Crippen LogP contribution in [-0.2, 0) is 14.3 Å². The fraction of sp³-hybridized carbons (Fsp3) is 0.600. The van der Waals surface area contributed by atoms with Crippen molar-refractivity contribution in [1.29, 1.82) is 0 Å². The molecule has 0 radical (unpaired) electrons. The van der Waals surface area contributed by atoms with Crippen LogP contribution in [0.3, 0.4) is 0 Å². The smallest absolute Gasteiger partial charge is 0.245 e. The number of ether oxygens (including phenoxy) is 1. The van der Waals surface area contributed by atoms with E-state index in [4.69, 9.17) is 4.74 Å². The molecule has 25 heavy (non-hydrogen) atoms. The Kier molecular flexibility index (Phi) is 5.74. The maximum Gasteiger partial charge on any atom is 0.245 e. The molecule has 2 aliphatic rings. The van der Waals surface area contributed by atoms with Gasteiger partial charge in [0.05, 0.1) is 13.2 Å². The third-order valence-electron chi connectivity index (χ3n) is 5.38. The van der Waals surface area contributed by atoms with Gasteiger partial charge in [-0.3, -0.25) is 9.59 Å². The van der Waals surface area contributed by atoms with Crippen LogP contribution in [0, 0.1) is 6.92 Å². The molecule has 0 aliphatic carbocycles. The first-order valence-corrected chi connectivity index (χ1v) is 9.29. The maximum atomic E-state index is 12.9. The van der Waals surface area contributed by atoms with E-state index in [0.717, 1.165) is 12.8 Å². The number of rotatable bonds is 4. The molecule has 3 rings (SSSR count). The fourth-order valence-corrected chi connectivity index (χ4v) is 3.95. The van der Waals surface area contributed by atoms with Gasteiger partial charge in [0.1, 0.15) is 6.04 Å². The Labute approximate surface area is 149 Å². The highest BCUT2D eigenvalue weighted by Gasteiger charge is 2.37. The molecule has 0 unspecified atom stereocenters. The van der Waals surface area contributed by atoms with Gasteiger partial charge in [0.2, 0.25) is 11.8 Å². The number of nitrogens with zero attached hydrogens (tertiary/aromatic N) is 2. The molecule has 2 atom stereocenters. The van der Waals surface area contributed by atoms with Crippen LogP contribution in [0.5, 0.6) is 0 Å². The Morgan fingerprint density at radius 3 is 2.64 bits per heavy atom. The lowest BCUT2D eigenvalue weighted by atomic mass is 9.93. The standard InChI is InChI=1S/C20H28N2O3/c1-15-6-3-4-7-17(15)16(2)14-19(23)22-9-5-8-18(22)20(24)21-10-12-25-13-11-21/h3-4,6-7,16,18H,5,8-14H2,1-2H3/t16-,18-/m1/s1. The lowest BCUT2D eigenvalue weighted by Gasteiger charge is -2.33. The third kappa shape index (κ3) is 4.03. The highest BCUT2D eigenvalue weighted by atomic mass is 16.5. The van der Waals surface area contributed by atoms with Gasteiger partial charge in [-0.05, 0) is 36.8 Å². The summed E-state index contributed by atoms with van der Waals surface area (Å²) in [4.78, 5) is 29.3. The molecule has 0 bridgehead atoms.